The minimum absolute atomic E-state index is 0.0443. The molecule has 2 N–H and O–H groups in total. The molecule has 0 unspecified atom stereocenters. The molecule has 1 aromatic carbocycles. The summed E-state index contributed by atoms with van der Waals surface area (Å²) in [5.74, 6) is 0.303. The average molecular weight is 339 g/mol. The number of rotatable bonds is 4. The lowest BCUT2D eigenvalue weighted by molar-refractivity contribution is 0.413. The number of pyridine rings is 1. The van der Waals surface area contributed by atoms with E-state index in [0.717, 1.165) is 10.0 Å². The first-order valence-corrected chi connectivity index (χ1v) is 7.13. The van der Waals surface area contributed by atoms with Crippen LogP contribution in [-0.2, 0) is 6.54 Å². The molecular weight excluding hydrogens is 323 g/mol. The van der Waals surface area contributed by atoms with Crippen molar-refractivity contribution in [1.29, 1.82) is 0 Å². The fraction of sp³-hybridized carbons (Fsp3) is 0.267. The van der Waals surface area contributed by atoms with Gasteiger partial charge in [0.15, 0.2) is 5.82 Å². The molecule has 5 heteroatoms. The number of nitrogens with zero attached hydrogens (tertiary/aromatic N) is 1. The van der Waals surface area contributed by atoms with Gasteiger partial charge in [0.2, 0.25) is 0 Å². The van der Waals surface area contributed by atoms with Crippen LogP contribution in [0.25, 0.3) is 0 Å². The lowest BCUT2D eigenvalue weighted by Gasteiger charge is -2.14. The molecule has 106 valence electrons. The molecule has 0 saturated heterocycles. The van der Waals surface area contributed by atoms with E-state index in [1.54, 1.807) is 12.1 Å². The third-order valence-corrected chi connectivity index (χ3v) is 3.45. The van der Waals surface area contributed by atoms with Crippen molar-refractivity contribution in [2.45, 2.75) is 26.3 Å². The average Bonchev–Trinajstić information content (AvgIpc) is 2.42. The predicted octanol–water partition coefficient (Wildman–Crippen LogP) is 4.36. The van der Waals surface area contributed by atoms with Gasteiger partial charge in [0.1, 0.15) is 5.75 Å². The Morgan fingerprint density at radius 2 is 2.10 bits per heavy atom. The van der Waals surface area contributed by atoms with Gasteiger partial charge < -0.3 is 10.5 Å². The van der Waals surface area contributed by atoms with Crippen LogP contribution < -0.4 is 10.5 Å². The molecule has 3 nitrogen and oxygen atoms in total. The number of nitrogens with two attached hydrogens (primary N) is 1. The molecule has 1 heterocycles. The second-order valence-corrected chi connectivity index (χ2v) is 5.65. The zero-order chi connectivity index (χ0) is 14.7. The van der Waals surface area contributed by atoms with Crippen LogP contribution in [0.5, 0.6) is 11.6 Å². The molecule has 0 bridgehead atoms. The Morgan fingerprint density at radius 3 is 2.75 bits per heavy atom. The van der Waals surface area contributed by atoms with Crippen molar-refractivity contribution in [2.24, 2.45) is 5.73 Å². The van der Waals surface area contributed by atoms with E-state index >= 15 is 0 Å². The molecule has 2 aromatic rings. The Balaban J connectivity index is 2.40. The summed E-state index contributed by atoms with van der Waals surface area (Å²) < 4.78 is 20.7. The molecule has 0 amide bonds. The highest BCUT2D eigenvalue weighted by atomic mass is 79.9. The van der Waals surface area contributed by atoms with E-state index in [0.29, 0.717) is 11.3 Å². The molecule has 0 aliphatic carbocycles. The van der Waals surface area contributed by atoms with Gasteiger partial charge in [-0.1, -0.05) is 29.8 Å². The number of aromatic nitrogens is 1. The van der Waals surface area contributed by atoms with Crippen molar-refractivity contribution in [3.63, 3.8) is 0 Å². The van der Waals surface area contributed by atoms with Gasteiger partial charge in [0.25, 0.3) is 5.88 Å². The highest BCUT2D eigenvalue weighted by Gasteiger charge is 2.14. The Hall–Kier alpha value is -1.46. The quantitative estimate of drug-likeness (QED) is 0.900. The molecule has 0 aliphatic rings. The molecule has 2 rings (SSSR count). The van der Waals surface area contributed by atoms with Gasteiger partial charge in [-0.2, -0.15) is 0 Å². The van der Waals surface area contributed by atoms with Gasteiger partial charge in [-0.25, -0.2) is 9.37 Å². The van der Waals surface area contributed by atoms with Crippen molar-refractivity contribution in [3.05, 3.63) is 51.9 Å². The van der Waals surface area contributed by atoms with Crippen LogP contribution in [0.15, 0.2) is 34.9 Å². The van der Waals surface area contributed by atoms with Crippen LogP contribution in [0.3, 0.4) is 0 Å². The maximum Gasteiger partial charge on any atom is 0.256 e. The molecule has 20 heavy (non-hydrogen) atoms. The predicted molar refractivity (Wildman–Crippen MR) is 80.4 cm³/mol. The van der Waals surface area contributed by atoms with Crippen LogP contribution in [-0.4, -0.2) is 4.98 Å². The van der Waals surface area contributed by atoms with Crippen molar-refractivity contribution >= 4 is 15.9 Å². The van der Waals surface area contributed by atoms with Crippen LogP contribution in [0.2, 0.25) is 0 Å². The standard InChI is InChI=1S/C15H16BrFN2O/c1-9(2)12-7-11(16)3-4-13(12)20-15-14(17)10(8-18)5-6-19-15/h3-7,9H,8,18H2,1-2H3. The Morgan fingerprint density at radius 1 is 1.35 bits per heavy atom. The third kappa shape index (κ3) is 3.16. The second-order valence-electron chi connectivity index (χ2n) is 4.73. The highest BCUT2D eigenvalue weighted by Crippen LogP contribution is 2.33. The molecule has 0 aliphatic heterocycles. The molecule has 1 aromatic heterocycles. The summed E-state index contributed by atoms with van der Waals surface area (Å²) in [5.41, 5.74) is 6.85. The topological polar surface area (TPSA) is 48.1 Å². The first kappa shape index (κ1) is 14.9. The van der Waals surface area contributed by atoms with Gasteiger partial charge in [0, 0.05) is 22.8 Å². The Labute approximate surface area is 126 Å². The van der Waals surface area contributed by atoms with Gasteiger partial charge in [0.05, 0.1) is 0 Å². The van der Waals surface area contributed by atoms with Crippen LogP contribution in [0, 0.1) is 5.82 Å². The summed E-state index contributed by atoms with van der Waals surface area (Å²) in [6, 6.07) is 7.17. The largest absolute Gasteiger partial charge is 0.436 e. The Bertz CT molecular complexity index is 617. The van der Waals surface area contributed by atoms with E-state index in [4.69, 9.17) is 10.5 Å². The monoisotopic (exact) mass is 338 g/mol. The van der Waals surface area contributed by atoms with Gasteiger partial charge in [-0.05, 0) is 35.7 Å². The summed E-state index contributed by atoms with van der Waals surface area (Å²) in [7, 11) is 0. The van der Waals surface area contributed by atoms with Crippen molar-refractivity contribution in [3.8, 4) is 11.6 Å². The fourth-order valence-corrected chi connectivity index (χ4v) is 2.24. The molecular formula is C15H16BrFN2O. The minimum Gasteiger partial charge on any atom is -0.436 e. The van der Waals surface area contributed by atoms with Gasteiger partial charge >= 0.3 is 0 Å². The fourth-order valence-electron chi connectivity index (χ4n) is 1.86. The van der Waals surface area contributed by atoms with E-state index in [1.165, 1.54) is 6.20 Å². The summed E-state index contributed by atoms with van der Waals surface area (Å²) >= 11 is 3.43. The SMILES string of the molecule is CC(C)c1cc(Br)ccc1Oc1nccc(CN)c1F. The number of hydrogen-bond donors (Lipinski definition) is 1. The van der Waals surface area contributed by atoms with E-state index in [1.807, 2.05) is 12.1 Å². The second kappa shape index (κ2) is 6.33. The van der Waals surface area contributed by atoms with E-state index in [-0.39, 0.29) is 18.3 Å². The van der Waals surface area contributed by atoms with Crippen LogP contribution in [0.4, 0.5) is 4.39 Å². The zero-order valence-electron chi connectivity index (χ0n) is 11.4. The molecule has 0 fully saturated rings. The summed E-state index contributed by atoms with van der Waals surface area (Å²) in [6.07, 6.45) is 1.49. The van der Waals surface area contributed by atoms with Crippen molar-refractivity contribution in [2.75, 3.05) is 0 Å². The minimum atomic E-state index is -0.507. The first-order chi connectivity index (χ1) is 9.52. The first-order valence-electron chi connectivity index (χ1n) is 6.33. The van der Waals surface area contributed by atoms with Crippen molar-refractivity contribution in [1.82, 2.24) is 4.98 Å². The van der Waals surface area contributed by atoms with Gasteiger partial charge in [-0.3, -0.25) is 0 Å². The molecule has 0 radical (unpaired) electrons. The lowest BCUT2D eigenvalue weighted by Crippen LogP contribution is -2.03. The molecule has 0 spiro atoms. The zero-order valence-corrected chi connectivity index (χ0v) is 12.9. The number of hydrogen-bond acceptors (Lipinski definition) is 3. The summed E-state index contributed by atoms with van der Waals surface area (Å²) in [5, 5.41) is 0. The summed E-state index contributed by atoms with van der Waals surface area (Å²) in [6.45, 7) is 4.21. The smallest absolute Gasteiger partial charge is 0.256 e. The van der Waals surface area contributed by atoms with Crippen molar-refractivity contribution < 1.29 is 9.13 Å². The highest BCUT2D eigenvalue weighted by molar-refractivity contribution is 9.10. The summed E-state index contributed by atoms with van der Waals surface area (Å²) in [4.78, 5) is 3.94. The molecule has 0 saturated carbocycles. The maximum absolute atomic E-state index is 14.1. The number of benzene rings is 1. The van der Waals surface area contributed by atoms with E-state index in [9.17, 15) is 4.39 Å². The Kier molecular flexibility index (Phi) is 4.73. The van der Waals surface area contributed by atoms with Crippen LogP contribution in [0.1, 0.15) is 30.9 Å². The molecule has 0 atom stereocenters. The number of ether oxygens (including phenoxy) is 1. The normalized spacial score (nSPS) is 10.9. The number of halogens is 2. The van der Waals surface area contributed by atoms with E-state index in [2.05, 4.69) is 34.8 Å². The van der Waals surface area contributed by atoms with E-state index < -0.39 is 5.82 Å². The third-order valence-electron chi connectivity index (χ3n) is 2.96. The van der Waals surface area contributed by atoms with Gasteiger partial charge in [-0.15, -0.1) is 0 Å². The lowest BCUT2D eigenvalue weighted by atomic mass is 10.0. The van der Waals surface area contributed by atoms with Crippen LogP contribution >= 0.6 is 15.9 Å². The maximum atomic E-state index is 14.1.